The number of tetrazole rings is 1. The van der Waals surface area contributed by atoms with Crippen molar-refractivity contribution in [1.29, 1.82) is 0 Å². The molecule has 2 heterocycles. The van der Waals surface area contributed by atoms with Crippen LogP contribution in [0.3, 0.4) is 0 Å². The maximum absolute atomic E-state index is 12.1. The summed E-state index contributed by atoms with van der Waals surface area (Å²) in [6, 6.07) is 11.9. The minimum atomic E-state index is -0.0423. The third-order valence-corrected chi connectivity index (χ3v) is 5.37. The van der Waals surface area contributed by atoms with Gasteiger partial charge in [0.15, 0.2) is 0 Å². The van der Waals surface area contributed by atoms with Gasteiger partial charge in [0, 0.05) is 4.88 Å². The van der Waals surface area contributed by atoms with Crippen molar-refractivity contribution in [3.05, 3.63) is 52.2 Å². The van der Waals surface area contributed by atoms with E-state index in [4.69, 9.17) is 0 Å². The standard InChI is InChI=1S/C16H17N5OS2/c1-11-5-7-13(8-6-11)21-16(18-19-20-21)24-10-15(22)17-12(2)14-4-3-9-23-14/h3-9,12H,10H2,1-2H3,(H,17,22)/t12-/m1/s1. The fraction of sp³-hybridized carbons (Fsp3) is 0.250. The highest BCUT2D eigenvalue weighted by Gasteiger charge is 2.14. The molecule has 0 saturated heterocycles. The second kappa shape index (κ2) is 7.59. The van der Waals surface area contributed by atoms with Gasteiger partial charge in [0.05, 0.1) is 17.5 Å². The predicted octanol–water partition coefficient (Wildman–Crippen LogP) is 3.00. The topological polar surface area (TPSA) is 72.7 Å². The van der Waals surface area contributed by atoms with Crippen molar-refractivity contribution in [3.8, 4) is 5.69 Å². The number of aryl methyl sites for hydroxylation is 1. The van der Waals surface area contributed by atoms with Gasteiger partial charge in [-0.25, -0.2) is 0 Å². The van der Waals surface area contributed by atoms with Crippen LogP contribution in [0.25, 0.3) is 5.69 Å². The summed E-state index contributed by atoms with van der Waals surface area (Å²) >= 11 is 2.95. The summed E-state index contributed by atoms with van der Waals surface area (Å²) in [6.07, 6.45) is 0. The van der Waals surface area contributed by atoms with Crippen LogP contribution in [0.15, 0.2) is 46.9 Å². The molecule has 3 rings (SSSR count). The number of nitrogens with one attached hydrogen (secondary N) is 1. The monoisotopic (exact) mass is 359 g/mol. The molecule has 2 aromatic heterocycles. The van der Waals surface area contributed by atoms with Gasteiger partial charge in [0.1, 0.15) is 0 Å². The van der Waals surface area contributed by atoms with Crippen molar-refractivity contribution >= 4 is 29.0 Å². The molecule has 1 amide bonds. The molecule has 124 valence electrons. The van der Waals surface area contributed by atoms with E-state index >= 15 is 0 Å². The Kier molecular flexibility index (Phi) is 5.27. The highest BCUT2D eigenvalue weighted by atomic mass is 32.2. The molecule has 0 bridgehead atoms. The first-order valence-corrected chi connectivity index (χ1v) is 9.31. The number of amides is 1. The van der Waals surface area contributed by atoms with E-state index in [2.05, 4.69) is 20.8 Å². The van der Waals surface area contributed by atoms with Gasteiger partial charge in [-0.2, -0.15) is 4.68 Å². The number of rotatable bonds is 6. The average molecular weight is 359 g/mol. The van der Waals surface area contributed by atoms with Crippen LogP contribution in [0.1, 0.15) is 23.4 Å². The lowest BCUT2D eigenvalue weighted by Gasteiger charge is -2.11. The first-order chi connectivity index (χ1) is 11.6. The zero-order valence-electron chi connectivity index (χ0n) is 13.3. The molecule has 0 saturated carbocycles. The number of nitrogens with zero attached hydrogens (tertiary/aromatic N) is 4. The Balaban J connectivity index is 1.60. The number of hydrogen-bond donors (Lipinski definition) is 1. The minimum absolute atomic E-state index is 0.00573. The van der Waals surface area contributed by atoms with Crippen molar-refractivity contribution in [3.63, 3.8) is 0 Å². The van der Waals surface area contributed by atoms with Gasteiger partial charge >= 0.3 is 0 Å². The van der Waals surface area contributed by atoms with Crippen molar-refractivity contribution in [2.24, 2.45) is 0 Å². The zero-order valence-corrected chi connectivity index (χ0v) is 15.0. The van der Waals surface area contributed by atoms with Gasteiger partial charge in [-0.05, 0) is 47.9 Å². The molecule has 0 unspecified atom stereocenters. The Morgan fingerprint density at radius 1 is 1.33 bits per heavy atom. The molecule has 0 fully saturated rings. The number of carbonyl (C=O) groups is 1. The van der Waals surface area contributed by atoms with Crippen LogP contribution < -0.4 is 5.32 Å². The van der Waals surface area contributed by atoms with Gasteiger partial charge in [0.25, 0.3) is 0 Å². The fourth-order valence-corrected chi connectivity index (χ4v) is 3.58. The lowest BCUT2D eigenvalue weighted by Crippen LogP contribution is -2.27. The van der Waals surface area contributed by atoms with Crippen molar-refractivity contribution in [2.45, 2.75) is 25.0 Å². The predicted molar refractivity (Wildman–Crippen MR) is 95.5 cm³/mol. The van der Waals surface area contributed by atoms with E-state index in [1.165, 1.54) is 17.3 Å². The molecule has 3 aromatic rings. The number of hydrogen-bond acceptors (Lipinski definition) is 6. The molecule has 24 heavy (non-hydrogen) atoms. The first-order valence-electron chi connectivity index (χ1n) is 7.44. The SMILES string of the molecule is Cc1ccc(-n2nnnc2SCC(=O)N[C@H](C)c2cccs2)cc1. The average Bonchev–Trinajstić information content (AvgIpc) is 3.25. The van der Waals surface area contributed by atoms with E-state index in [0.717, 1.165) is 10.6 Å². The third-order valence-electron chi connectivity index (χ3n) is 3.40. The molecule has 1 N–H and O–H groups in total. The molecular formula is C16H17N5OS2. The van der Waals surface area contributed by atoms with Crippen molar-refractivity contribution in [1.82, 2.24) is 25.5 Å². The first kappa shape index (κ1) is 16.7. The van der Waals surface area contributed by atoms with E-state index in [1.807, 2.05) is 55.6 Å². The molecule has 0 aliphatic rings. The Hall–Kier alpha value is -2.19. The normalized spacial score (nSPS) is 12.1. The number of aromatic nitrogens is 4. The minimum Gasteiger partial charge on any atom is -0.348 e. The maximum atomic E-state index is 12.1. The van der Waals surface area contributed by atoms with E-state index < -0.39 is 0 Å². The van der Waals surface area contributed by atoms with Crippen LogP contribution in [0.2, 0.25) is 0 Å². The van der Waals surface area contributed by atoms with Gasteiger partial charge in [-0.3, -0.25) is 4.79 Å². The van der Waals surface area contributed by atoms with Crippen LogP contribution in [0, 0.1) is 6.92 Å². The lowest BCUT2D eigenvalue weighted by molar-refractivity contribution is -0.119. The molecule has 1 aromatic carbocycles. The third kappa shape index (κ3) is 4.01. The smallest absolute Gasteiger partial charge is 0.230 e. The molecule has 0 aliphatic heterocycles. The Bertz CT molecular complexity index is 798. The summed E-state index contributed by atoms with van der Waals surface area (Å²) in [4.78, 5) is 13.3. The largest absolute Gasteiger partial charge is 0.348 e. The molecule has 0 aliphatic carbocycles. The van der Waals surface area contributed by atoms with Crippen LogP contribution in [0.4, 0.5) is 0 Å². The van der Waals surface area contributed by atoms with E-state index in [0.29, 0.717) is 5.16 Å². The quantitative estimate of drug-likeness (QED) is 0.685. The molecule has 0 spiro atoms. The summed E-state index contributed by atoms with van der Waals surface area (Å²) < 4.78 is 1.64. The fourth-order valence-electron chi connectivity index (χ4n) is 2.14. The number of thioether (sulfide) groups is 1. The van der Waals surface area contributed by atoms with E-state index in [1.54, 1.807) is 16.0 Å². The Labute approximate surface area is 148 Å². The summed E-state index contributed by atoms with van der Waals surface area (Å²) in [5, 5.41) is 17.3. The number of thiophene rings is 1. The second-order valence-electron chi connectivity index (χ2n) is 5.30. The summed E-state index contributed by atoms with van der Waals surface area (Å²) in [5.41, 5.74) is 2.04. The summed E-state index contributed by atoms with van der Waals surface area (Å²) in [5.74, 6) is 0.224. The zero-order chi connectivity index (χ0) is 16.9. The van der Waals surface area contributed by atoms with Crippen molar-refractivity contribution in [2.75, 3.05) is 5.75 Å². The summed E-state index contributed by atoms with van der Waals surface area (Å²) in [6.45, 7) is 4.00. The van der Waals surface area contributed by atoms with E-state index in [-0.39, 0.29) is 17.7 Å². The molecule has 1 atom stereocenters. The van der Waals surface area contributed by atoms with Gasteiger partial charge in [-0.15, -0.1) is 16.4 Å². The van der Waals surface area contributed by atoms with Crippen LogP contribution in [-0.2, 0) is 4.79 Å². The number of carbonyl (C=O) groups excluding carboxylic acids is 1. The molecular weight excluding hydrogens is 342 g/mol. The van der Waals surface area contributed by atoms with Gasteiger partial charge in [-0.1, -0.05) is 35.5 Å². The van der Waals surface area contributed by atoms with Crippen LogP contribution >= 0.6 is 23.1 Å². The molecule has 8 heteroatoms. The molecule has 6 nitrogen and oxygen atoms in total. The van der Waals surface area contributed by atoms with Crippen molar-refractivity contribution < 1.29 is 4.79 Å². The van der Waals surface area contributed by atoms with Gasteiger partial charge in [0.2, 0.25) is 11.1 Å². The Morgan fingerprint density at radius 2 is 2.12 bits per heavy atom. The second-order valence-corrected chi connectivity index (χ2v) is 7.22. The molecule has 0 radical (unpaired) electrons. The summed E-state index contributed by atoms with van der Waals surface area (Å²) in [7, 11) is 0. The number of benzene rings is 1. The highest BCUT2D eigenvalue weighted by molar-refractivity contribution is 7.99. The lowest BCUT2D eigenvalue weighted by atomic mass is 10.2. The van der Waals surface area contributed by atoms with E-state index in [9.17, 15) is 4.79 Å². The van der Waals surface area contributed by atoms with Crippen LogP contribution in [-0.4, -0.2) is 31.9 Å². The van der Waals surface area contributed by atoms with Gasteiger partial charge < -0.3 is 5.32 Å². The Morgan fingerprint density at radius 3 is 2.83 bits per heavy atom. The highest BCUT2D eigenvalue weighted by Crippen LogP contribution is 2.20. The van der Waals surface area contributed by atoms with Crippen LogP contribution in [0.5, 0.6) is 0 Å². The maximum Gasteiger partial charge on any atom is 0.230 e.